The molecule has 160 valence electrons. The predicted octanol–water partition coefficient (Wildman–Crippen LogP) is 7.75. The lowest BCUT2D eigenvalue weighted by atomic mass is 9.87. The minimum Gasteiger partial charge on any atom is -0.369 e. The summed E-state index contributed by atoms with van der Waals surface area (Å²) in [4.78, 5) is 2.59. The molecule has 31 heavy (non-hydrogen) atoms. The zero-order valence-electron chi connectivity index (χ0n) is 19.5. The van der Waals surface area contributed by atoms with Gasteiger partial charge < -0.3 is 4.90 Å². The van der Waals surface area contributed by atoms with E-state index in [-0.39, 0.29) is 0 Å². The van der Waals surface area contributed by atoms with Gasteiger partial charge in [-0.3, -0.25) is 0 Å². The van der Waals surface area contributed by atoms with E-state index in [9.17, 15) is 0 Å². The SMILES string of the molecule is CCN1c2ccccc2CCC(=C(c2ccc(C)cc2)c2ccc(C)cc2)CCC1C. The normalized spacial score (nSPS) is 16.8. The van der Waals surface area contributed by atoms with Crippen molar-refractivity contribution in [3.8, 4) is 0 Å². The van der Waals surface area contributed by atoms with Gasteiger partial charge in [-0.05, 0) is 81.7 Å². The number of aryl methyl sites for hydroxylation is 3. The van der Waals surface area contributed by atoms with Crippen LogP contribution in [0, 0.1) is 13.8 Å². The highest BCUT2D eigenvalue weighted by atomic mass is 15.2. The molecule has 1 aliphatic rings. The molecule has 0 saturated heterocycles. The zero-order valence-corrected chi connectivity index (χ0v) is 19.5. The third-order valence-electron chi connectivity index (χ3n) is 6.77. The Morgan fingerprint density at radius 3 is 1.94 bits per heavy atom. The summed E-state index contributed by atoms with van der Waals surface area (Å²) in [6.07, 6.45) is 4.52. The summed E-state index contributed by atoms with van der Waals surface area (Å²) < 4.78 is 0. The van der Waals surface area contributed by atoms with E-state index >= 15 is 0 Å². The Kier molecular flexibility index (Phi) is 6.61. The number of hydrogen-bond donors (Lipinski definition) is 0. The molecule has 0 radical (unpaired) electrons. The maximum Gasteiger partial charge on any atom is 0.0401 e. The van der Waals surface area contributed by atoms with Crippen molar-refractivity contribution in [1.82, 2.24) is 0 Å². The van der Waals surface area contributed by atoms with Crippen molar-refractivity contribution in [1.29, 1.82) is 0 Å². The fourth-order valence-electron chi connectivity index (χ4n) is 4.94. The molecular weight excluding hydrogens is 374 g/mol. The third kappa shape index (κ3) is 4.77. The lowest BCUT2D eigenvalue weighted by molar-refractivity contribution is 0.597. The Morgan fingerprint density at radius 1 is 0.774 bits per heavy atom. The van der Waals surface area contributed by atoms with Crippen LogP contribution in [-0.2, 0) is 6.42 Å². The monoisotopic (exact) mass is 409 g/mol. The van der Waals surface area contributed by atoms with Gasteiger partial charge in [0.15, 0.2) is 0 Å². The summed E-state index contributed by atoms with van der Waals surface area (Å²) in [6, 6.07) is 27.7. The summed E-state index contributed by atoms with van der Waals surface area (Å²) >= 11 is 0. The van der Waals surface area contributed by atoms with Crippen molar-refractivity contribution in [2.45, 2.75) is 59.4 Å². The van der Waals surface area contributed by atoms with Crippen LogP contribution in [0.15, 0.2) is 78.4 Å². The van der Waals surface area contributed by atoms with Crippen LogP contribution in [0.3, 0.4) is 0 Å². The highest BCUT2D eigenvalue weighted by molar-refractivity contribution is 5.82. The van der Waals surface area contributed by atoms with Gasteiger partial charge in [0.2, 0.25) is 0 Å². The van der Waals surface area contributed by atoms with E-state index < -0.39 is 0 Å². The Morgan fingerprint density at radius 2 is 1.35 bits per heavy atom. The van der Waals surface area contributed by atoms with Crippen molar-refractivity contribution in [2.24, 2.45) is 0 Å². The molecule has 0 bridgehead atoms. The van der Waals surface area contributed by atoms with E-state index in [1.165, 1.54) is 45.5 Å². The van der Waals surface area contributed by atoms with E-state index in [2.05, 4.69) is 105 Å². The van der Waals surface area contributed by atoms with Gasteiger partial charge in [0, 0.05) is 18.3 Å². The lowest BCUT2D eigenvalue weighted by Crippen LogP contribution is -2.33. The number of benzene rings is 3. The molecule has 1 atom stereocenters. The van der Waals surface area contributed by atoms with Crippen molar-refractivity contribution in [3.63, 3.8) is 0 Å². The molecule has 1 unspecified atom stereocenters. The summed E-state index contributed by atoms with van der Waals surface area (Å²) in [5.41, 5.74) is 11.2. The van der Waals surface area contributed by atoms with Crippen molar-refractivity contribution >= 4 is 11.3 Å². The molecule has 1 aliphatic heterocycles. The highest BCUT2D eigenvalue weighted by Gasteiger charge is 2.21. The van der Waals surface area contributed by atoms with Crippen LogP contribution in [-0.4, -0.2) is 12.6 Å². The Hall–Kier alpha value is -2.80. The van der Waals surface area contributed by atoms with Gasteiger partial charge >= 0.3 is 0 Å². The predicted molar refractivity (Wildman–Crippen MR) is 135 cm³/mol. The molecule has 1 heteroatoms. The van der Waals surface area contributed by atoms with Crippen molar-refractivity contribution in [2.75, 3.05) is 11.4 Å². The van der Waals surface area contributed by atoms with Gasteiger partial charge in [-0.1, -0.05) is 83.4 Å². The fraction of sp³-hybridized carbons (Fsp3) is 0.333. The molecule has 0 aromatic heterocycles. The Balaban J connectivity index is 1.83. The van der Waals surface area contributed by atoms with Crippen LogP contribution < -0.4 is 4.90 Å². The molecule has 0 saturated carbocycles. The molecule has 0 spiro atoms. The number of nitrogens with zero attached hydrogens (tertiary/aromatic N) is 1. The molecular formula is C30H35N. The molecule has 3 aromatic rings. The molecule has 3 aromatic carbocycles. The summed E-state index contributed by atoms with van der Waals surface area (Å²) in [5, 5.41) is 0. The molecule has 1 heterocycles. The third-order valence-corrected chi connectivity index (χ3v) is 6.77. The maximum absolute atomic E-state index is 2.59. The Bertz CT molecular complexity index is 993. The van der Waals surface area contributed by atoms with Crippen LogP contribution in [0.25, 0.3) is 5.57 Å². The largest absolute Gasteiger partial charge is 0.369 e. The van der Waals surface area contributed by atoms with Crippen LogP contribution in [0.5, 0.6) is 0 Å². The number of fused-ring (bicyclic) bond motifs is 1. The van der Waals surface area contributed by atoms with E-state index in [1.54, 1.807) is 5.57 Å². The summed E-state index contributed by atoms with van der Waals surface area (Å²) in [6.45, 7) is 10.1. The number of hydrogen-bond acceptors (Lipinski definition) is 1. The van der Waals surface area contributed by atoms with Crippen molar-refractivity contribution in [3.05, 3.63) is 106 Å². The lowest BCUT2D eigenvalue weighted by Gasteiger charge is -2.31. The van der Waals surface area contributed by atoms with E-state index in [1.807, 2.05) is 0 Å². The van der Waals surface area contributed by atoms with Crippen LogP contribution in [0.1, 0.15) is 60.9 Å². The van der Waals surface area contributed by atoms with Gasteiger partial charge in [0.05, 0.1) is 0 Å². The quantitative estimate of drug-likeness (QED) is 0.427. The van der Waals surface area contributed by atoms with E-state index in [4.69, 9.17) is 0 Å². The summed E-state index contributed by atoms with van der Waals surface area (Å²) in [5.74, 6) is 0. The first-order chi connectivity index (χ1) is 15.1. The molecule has 4 rings (SSSR count). The molecule has 0 aliphatic carbocycles. The zero-order chi connectivity index (χ0) is 21.8. The van der Waals surface area contributed by atoms with E-state index in [0.717, 1.165) is 25.8 Å². The first kappa shape index (κ1) is 21.4. The molecule has 1 nitrogen and oxygen atoms in total. The highest BCUT2D eigenvalue weighted by Crippen LogP contribution is 2.36. The average molecular weight is 410 g/mol. The van der Waals surface area contributed by atoms with Crippen molar-refractivity contribution < 1.29 is 0 Å². The first-order valence-corrected chi connectivity index (χ1v) is 11.8. The molecule has 0 amide bonds. The smallest absolute Gasteiger partial charge is 0.0401 e. The van der Waals surface area contributed by atoms with Crippen LogP contribution in [0.2, 0.25) is 0 Å². The maximum atomic E-state index is 2.59. The summed E-state index contributed by atoms with van der Waals surface area (Å²) in [7, 11) is 0. The minimum absolute atomic E-state index is 0.525. The topological polar surface area (TPSA) is 3.24 Å². The van der Waals surface area contributed by atoms with Crippen LogP contribution in [0.4, 0.5) is 5.69 Å². The second-order valence-electron chi connectivity index (χ2n) is 9.01. The number of rotatable bonds is 3. The van der Waals surface area contributed by atoms with Gasteiger partial charge in [0.1, 0.15) is 0 Å². The van der Waals surface area contributed by atoms with E-state index in [0.29, 0.717) is 6.04 Å². The number of allylic oxidation sites excluding steroid dienone is 1. The fourth-order valence-corrected chi connectivity index (χ4v) is 4.94. The van der Waals surface area contributed by atoms with Gasteiger partial charge in [-0.15, -0.1) is 0 Å². The van der Waals surface area contributed by atoms with Gasteiger partial charge in [0.25, 0.3) is 0 Å². The van der Waals surface area contributed by atoms with Gasteiger partial charge in [-0.25, -0.2) is 0 Å². The second kappa shape index (κ2) is 9.56. The standard InChI is InChI=1S/C30H35N/c1-5-31-24(4)14-19-28(21-20-25-8-6-7-9-29(25)31)30(26-15-10-22(2)11-16-26)27-17-12-23(3)13-18-27/h6-13,15-18,24H,5,14,19-21H2,1-4H3. The second-order valence-corrected chi connectivity index (χ2v) is 9.01. The first-order valence-electron chi connectivity index (χ1n) is 11.8. The molecule has 0 fully saturated rings. The minimum atomic E-state index is 0.525. The Labute approximate surface area is 188 Å². The molecule has 0 N–H and O–H groups in total. The average Bonchev–Trinajstić information content (AvgIpc) is 2.85. The number of para-hydroxylation sites is 1. The van der Waals surface area contributed by atoms with Crippen LogP contribution >= 0.6 is 0 Å². The number of anilines is 1. The van der Waals surface area contributed by atoms with Gasteiger partial charge in [-0.2, -0.15) is 0 Å².